The van der Waals surface area contributed by atoms with Gasteiger partial charge in [0, 0.05) is 47.8 Å². The monoisotopic (exact) mass is 465 g/mol. The molecule has 2 aromatic carbocycles. The van der Waals surface area contributed by atoms with Crippen molar-refractivity contribution in [1.29, 1.82) is 5.26 Å². The highest BCUT2D eigenvalue weighted by atomic mass is 16.3. The average molecular weight is 466 g/mol. The number of nitriles is 1. The van der Waals surface area contributed by atoms with Crippen LogP contribution in [0.25, 0.3) is 27.6 Å². The molecule has 0 unspecified atom stereocenters. The molecule has 3 aromatic heterocycles. The van der Waals surface area contributed by atoms with Gasteiger partial charge < -0.3 is 20.0 Å². The lowest BCUT2D eigenvalue weighted by molar-refractivity contribution is 0.615. The van der Waals surface area contributed by atoms with E-state index < -0.39 is 0 Å². The highest BCUT2D eigenvalue weighted by Gasteiger charge is 2.07. The minimum atomic E-state index is -0.0854. The summed E-state index contributed by atoms with van der Waals surface area (Å²) >= 11 is 0. The molecule has 0 saturated heterocycles. The van der Waals surface area contributed by atoms with Gasteiger partial charge in [0.15, 0.2) is 0 Å². The molecule has 0 amide bonds. The first-order valence-corrected chi connectivity index (χ1v) is 11.9. The third kappa shape index (κ3) is 4.98. The predicted molar refractivity (Wildman–Crippen MR) is 139 cm³/mol. The van der Waals surface area contributed by atoms with Crippen LogP contribution in [0.1, 0.15) is 24.0 Å². The molecule has 0 aliphatic carbocycles. The van der Waals surface area contributed by atoms with Gasteiger partial charge in [-0.1, -0.05) is 0 Å². The third-order valence-electron chi connectivity index (χ3n) is 6.24. The normalized spacial score (nSPS) is 11.2. The maximum atomic E-state index is 12.6. The van der Waals surface area contributed by atoms with Gasteiger partial charge in [-0.2, -0.15) is 5.26 Å². The summed E-state index contributed by atoms with van der Waals surface area (Å²) in [6, 6.07) is 19.4. The van der Waals surface area contributed by atoms with Crippen molar-refractivity contribution >= 4 is 27.6 Å². The van der Waals surface area contributed by atoms with Crippen LogP contribution in [0.2, 0.25) is 0 Å². The number of aromatic nitrogens is 2. The van der Waals surface area contributed by atoms with E-state index in [0.717, 1.165) is 61.2 Å². The third-order valence-corrected chi connectivity index (χ3v) is 6.24. The standard InChI is InChI=1S/C28H27N5O2/c29-18-20-4-9-26-25(17-20)21(19-32-26)3-1-2-12-30-13-14-31-22-5-7-23(8-6-22)33-15-10-27-24(28(33)34)11-16-35-27/h4-11,15-17,19,30-32H,1-3,12-14H2. The van der Waals surface area contributed by atoms with Gasteiger partial charge in [0.05, 0.1) is 23.3 Å². The Balaban J connectivity index is 1.03. The SMILES string of the molecule is N#Cc1ccc2[nH]cc(CCCCNCCNc3ccc(-n4ccc5occc5c4=O)cc3)c2c1. The Hall–Kier alpha value is -4.28. The molecule has 0 saturated carbocycles. The topological polar surface area (TPSA) is 98.8 Å². The molecule has 3 N–H and O–H groups in total. The zero-order valence-electron chi connectivity index (χ0n) is 19.4. The molecule has 3 heterocycles. The van der Waals surface area contributed by atoms with E-state index in [-0.39, 0.29) is 5.56 Å². The zero-order valence-corrected chi connectivity index (χ0v) is 19.4. The number of fused-ring (bicyclic) bond motifs is 2. The highest BCUT2D eigenvalue weighted by Crippen LogP contribution is 2.21. The molecule has 0 atom stereocenters. The van der Waals surface area contributed by atoms with Crippen LogP contribution in [0.3, 0.4) is 0 Å². The van der Waals surface area contributed by atoms with Crippen LogP contribution >= 0.6 is 0 Å². The van der Waals surface area contributed by atoms with Crippen LogP contribution < -0.4 is 16.2 Å². The summed E-state index contributed by atoms with van der Waals surface area (Å²) in [5, 5.41) is 17.7. The molecule has 0 aliphatic heterocycles. The minimum absolute atomic E-state index is 0.0854. The first kappa shape index (κ1) is 22.5. The van der Waals surface area contributed by atoms with Crippen LogP contribution in [-0.2, 0) is 6.42 Å². The van der Waals surface area contributed by atoms with E-state index >= 15 is 0 Å². The van der Waals surface area contributed by atoms with E-state index in [9.17, 15) is 4.79 Å². The summed E-state index contributed by atoms with van der Waals surface area (Å²) in [4.78, 5) is 15.9. The summed E-state index contributed by atoms with van der Waals surface area (Å²) in [7, 11) is 0. The largest absolute Gasteiger partial charge is 0.464 e. The number of unbranched alkanes of at least 4 members (excludes halogenated alkanes) is 1. The van der Waals surface area contributed by atoms with Crippen molar-refractivity contribution in [2.75, 3.05) is 25.0 Å². The van der Waals surface area contributed by atoms with Crippen molar-refractivity contribution in [3.63, 3.8) is 0 Å². The molecule has 0 aliphatic rings. The van der Waals surface area contributed by atoms with Crippen LogP contribution in [0.5, 0.6) is 0 Å². The van der Waals surface area contributed by atoms with E-state index in [1.54, 1.807) is 22.9 Å². The van der Waals surface area contributed by atoms with Crippen molar-refractivity contribution < 1.29 is 4.42 Å². The number of H-pyrrole nitrogens is 1. The molecule has 35 heavy (non-hydrogen) atoms. The lowest BCUT2D eigenvalue weighted by Crippen LogP contribution is -2.23. The molecule has 7 nitrogen and oxygen atoms in total. The second-order valence-electron chi connectivity index (χ2n) is 8.56. The Morgan fingerprint density at radius 1 is 0.971 bits per heavy atom. The van der Waals surface area contributed by atoms with E-state index in [2.05, 4.69) is 27.9 Å². The lowest BCUT2D eigenvalue weighted by Gasteiger charge is -2.10. The molecule has 0 spiro atoms. The average Bonchev–Trinajstić information content (AvgIpc) is 3.53. The van der Waals surface area contributed by atoms with E-state index in [1.165, 1.54) is 11.8 Å². The van der Waals surface area contributed by atoms with Gasteiger partial charge in [-0.05, 0) is 86.0 Å². The van der Waals surface area contributed by atoms with Crippen molar-refractivity contribution in [1.82, 2.24) is 14.9 Å². The second kappa shape index (κ2) is 10.3. The maximum Gasteiger partial charge on any atom is 0.266 e. The van der Waals surface area contributed by atoms with Crippen molar-refractivity contribution in [2.24, 2.45) is 0 Å². The smallest absolute Gasteiger partial charge is 0.266 e. The summed E-state index contributed by atoms with van der Waals surface area (Å²) in [6.07, 6.45) is 8.51. The maximum absolute atomic E-state index is 12.6. The number of pyridine rings is 1. The van der Waals surface area contributed by atoms with E-state index in [0.29, 0.717) is 16.5 Å². The Morgan fingerprint density at radius 3 is 2.71 bits per heavy atom. The molecule has 5 aromatic rings. The fourth-order valence-corrected chi connectivity index (χ4v) is 4.35. The van der Waals surface area contributed by atoms with E-state index in [4.69, 9.17) is 9.68 Å². The minimum Gasteiger partial charge on any atom is -0.464 e. The van der Waals surface area contributed by atoms with Gasteiger partial charge in [-0.25, -0.2) is 0 Å². The summed E-state index contributed by atoms with van der Waals surface area (Å²) in [5.41, 5.74) is 5.41. The van der Waals surface area contributed by atoms with Crippen molar-refractivity contribution in [2.45, 2.75) is 19.3 Å². The number of aryl methyl sites for hydroxylation is 1. The van der Waals surface area contributed by atoms with Crippen molar-refractivity contribution in [3.8, 4) is 11.8 Å². The van der Waals surface area contributed by atoms with Gasteiger partial charge in [0.2, 0.25) is 0 Å². The number of hydrogen-bond donors (Lipinski definition) is 3. The summed E-state index contributed by atoms with van der Waals surface area (Å²) in [5.74, 6) is 0. The predicted octanol–water partition coefficient (Wildman–Crippen LogP) is 4.96. The number of nitrogens with one attached hydrogen (secondary N) is 3. The van der Waals surface area contributed by atoms with E-state index in [1.807, 2.05) is 42.5 Å². The molecule has 7 heteroatoms. The number of nitrogens with zero attached hydrogens (tertiary/aromatic N) is 2. The quantitative estimate of drug-likeness (QED) is 0.253. The van der Waals surface area contributed by atoms with Gasteiger partial charge >= 0.3 is 0 Å². The number of hydrogen-bond acceptors (Lipinski definition) is 5. The molecule has 5 rings (SSSR count). The first-order chi connectivity index (χ1) is 17.2. The Bertz CT molecular complexity index is 1540. The first-order valence-electron chi connectivity index (χ1n) is 11.9. The highest BCUT2D eigenvalue weighted by molar-refractivity contribution is 5.84. The van der Waals surface area contributed by atoms with Crippen molar-refractivity contribution in [3.05, 3.63) is 94.7 Å². The number of benzene rings is 2. The fraction of sp³-hybridized carbons (Fsp3) is 0.214. The van der Waals surface area contributed by atoms with Crippen LogP contribution in [0.15, 0.2) is 82.5 Å². The number of aromatic amines is 1. The molecule has 0 radical (unpaired) electrons. The Morgan fingerprint density at radius 2 is 1.86 bits per heavy atom. The number of rotatable bonds is 10. The summed E-state index contributed by atoms with van der Waals surface area (Å²) in [6.45, 7) is 2.66. The Kier molecular flexibility index (Phi) is 6.64. The zero-order chi connectivity index (χ0) is 24.0. The van der Waals surface area contributed by atoms with Crippen LogP contribution in [0, 0.1) is 11.3 Å². The van der Waals surface area contributed by atoms with Gasteiger partial charge in [-0.3, -0.25) is 9.36 Å². The van der Waals surface area contributed by atoms with Crippen LogP contribution in [0.4, 0.5) is 5.69 Å². The number of furan rings is 1. The lowest BCUT2D eigenvalue weighted by atomic mass is 10.1. The fourth-order valence-electron chi connectivity index (χ4n) is 4.35. The molecule has 176 valence electrons. The molecular weight excluding hydrogens is 438 g/mol. The molecule has 0 bridgehead atoms. The summed E-state index contributed by atoms with van der Waals surface area (Å²) < 4.78 is 6.92. The van der Waals surface area contributed by atoms with Crippen LogP contribution in [-0.4, -0.2) is 29.2 Å². The van der Waals surface area contributed by atoms with Gasteiger partial charge in [0.1, 0.15) is 5.58 Å². The second-order valence-corrected chi connectivity index (χ2v) is 8.56. The number of anilines is 1. The molecule has 0 fully saturated rings. The van der Waals surface area contributed by atoms with Gasteiger partial charge in [0.25, 0.3) is 5.56 Å². The Labute approximate surface area is 203 Å². The molecular formula is C28H27N5O2. The van der Waals surface area contributed by atoms with Gasteiger partial charge in [-0.15, -0.1) is 0 Å².